The normalized spacial score (nSPS) is 21.0. The third kappa shape index (κ3) is 2.11. The van der Waals surface area contributed by atoms with Gasteiger partial charge in [0.25, 0.3) is 0 Å². The van der Waals surface area contributed by atoms with Crippen molar-refractivity contribution < 1.29 is 9.31 Å². The van der Waals surface area contributed by atoms with E-state index in [0.717, 1.165) is 5.76 Å². The van der Waals surface area contributed by atoms with Gasteiger partial charge in [0.05, 0.1) is 6.61 Å². The van der Waals surface area contributed by atoms with Crippen LogP contribution in [0.5, 0.6) is 0 Å². The Balaban J connectivity index is 2.37. The Hall–Kier alpha value is -0.955. The van der Waals surface area contributed by atoms with Crippen molar-refractivity contribution in [3.05, 3.63) is 36.6 Å². The fourth-order valence-electron chi connectivity index (χ4n) is 0.575. The van der Waals surface area contributed by atoms with Crippen LogP contribution >= 0.6 is 0 Å². The molecular formula is C7H8BO2. The molecule has 51 valence electrons. The SMILES string of the molecule is C=CC=CC=C1CO[B]O1. The maximum Gasteiger partial charge on any atom is 0.572 e. The summed E-state index contributed by atoms with van der Waals surface area (Å²) in [5, 5.41) is 0. The highest BCUT2D eigenvalue weighted by Gasteiger charge is 2.09. The molecule has 1 heterocycles. The first-order valence-electron chi connectivity index (χ1n) is 3.01. The molecule has 1 radical (unpaired) electrons. The largest absolute Gasteiger partial charge is 0.572 e. The zero-order chi connectivity index (χ0) is 7.23. The van der Waals surface area contributed by atoms with Crippen molar-refractivity contribution in [3.8, 4) is 0 Å². The number of hydrogen-bond donors (Lipinski definition) is 0. The molecule has 1 saturated heterocycles. The van der Waals surface area contributed by atoms with Crippen LogP contribution in [-0.4, -0.2) is 14.3 Å². The third-order valence-corrected chi connectivity index (χ3v) is 1.02. The third-order valence-electron chi connectivity index (χ3n) is 1.02. The van der Waals surface area contributed by atoms with E-state index in [1.54, 1.807) is 6.08 Å². The van der Waals surface area contributed by atoms with Crippen molar-refractivity contribution in [3.63, 3.8) is 0 Å². The molecular weight excluding hydrogens is 127 g/mol. The van der Waals surface area contributed by atoms with Crippen LogP contribution in [0.25, 0.3) is 0 Å². The molecule has 10 heavy (non-hydrogen) atoms. The second-order valence-corrected chi connectivity index (χ2v) is 1.78. The van der Waals surface area contributed by atoms with Crippen LogP contribution in [0.1, 0.15) is 0 Å². The molecule has 1 rings (SSSR count). The van der Waals surface area contributed by atoms with E-state index in [4.69, 9.17) is 9.31 Å². The van der Waals surface area contributed by atoms with Gasteiger partial charge in [0, 0.05) is 0 Å². The predicted octanol–water partition coefficient (Wildman–Crippen LogP) is 1.19. The minimum Gasteiger partial charge on any atom is -0.539 e. The summed E-state index contributed by atoms with van der Waals surface area (Å²) >= 11 is 0. The van der Waals surface area contributed by atoms with Gasteiger partial charge < -0.3 is 9.31 Å². The fourth-order valence-corrected chi connectivity index (χ4v) is 0.575. The summed E-state index contributed by atoms with van der Waals surface area (Å²) in [4.78, 5) is 0. The number of allylic oxidation sites excluding steroid dienone is 4. The molecule has 0 N–H and O–H groups in total. The second kappa shape index (κ2) is 3.96. The highest BCUT2D eigenvalue weighted by atomic mass is 16.6. The van der Waals surface area contributed by atoms with Gasteiger partial charge in [-0.1, -0.05) is 24.8 Å². The molecule has 0 aliphatic carbocycles. The molecule has 1 fully saturated rings. The summed E-state index contributed by atoms with van der Waals surface area (Å²) in [6.45, 7) is 4.06. The van der Waals surface area contributed by atoms with Crippen LogP contribution in [0.3, 0.4) is 0 Å². The molecule has 0 aromatic rings. The molecule has 0 bridgehead atoms. The Morgan fingerprint density at radius 3 is 3.00 bits per heavy atom. The lowest BCUT2D eigenvalue weighted by Gasteiger charge is -1.90. The number of rotatable bonds is 2. The van der Waals surface area contributed by atoms with Gasteiger partial charge in [0.2, 0.25) is 0 Å². The first-order chi connectivity index (χ1) is 4.93. The summed E-state index contributed by atoms with van der Waals surface area (Å²) in [7, 11) is 1.33. The highest BCUT2D eigenvalue weighted by molar-refractivity contribution is 6.19. The van der Waals surface area contributed by atoms with Crippen LogP contribution in [-0.2, 0) is 9.31 Å². The van der Waals surface area contributed by atoms with Crippen molar-refractivity contribution in [2.75, 3.05) is 6.61 Å². The summed E-state index contributed by atoms with van der Waals surface area (Å²) in [6, 6.07) is 0. The molecule has 0 spiro atoms. The predicted molar refractivity (Wildman–Crippen MR) is 40.2 cm³/mol. The molecule has 1 aliphatic heterocycles. The second-order valence-electron chi connectivity index (χ2n) is 1.78. The lowest BCUT2D eigenvalue weighted by molar-refractivity contribution is 0.399. The Morgan fingerprint density at radius 1 is 1.50 bits per heavy atom. The smallest absolute Gasteiger partial charge is 0.539 e. The molecule has 0 saturated carbocycles. The summed E-state index contributed by atoms with van der Waals surface area (Å²) in [5.74, 6) is 0.818. The zero-order valence-corrected chi connectivity index (χ0v) is 5.62. The van der Waals surface area contributed by atoms with Crippen molar-refractivity contribution in [1.29, 1.82) is 0 Å². The molecule has 3 heteroatoms. The van der Waals surface area contributed by atoms with Gasteiger partial charge in [-0.25, -0.2) is 0 Å². The van der Waals surface area contributed by atoms with E-state index < -0.39 is 0 Å². The van der Waals surface area contributed by atoms with Crippen LogP contribution < -0.4 is 0 Å². The minimum absolute atomic E-state index is 0.529. The first kappa shape index (κ1) is 7.16. The molecule has 2 nitrogen and oxygen atoms in total. The van der Waals surface area contributed by atoms with E-state index in [1.807, 2.05) is 18.2 Å². The Kier molecular flexibility index (Phi) is 2.83. The Labute approximate surface area is 61.1 Å². The van der Waals surface area contributed by atoms with Crippen LogP contribution in [0.15, 0.2) is 36.6 Å². The molecule has 0 atom stereocenters. The van der Waals surface area contributed by atoms with Crippen LogP contribution in [0, 0.1) is 0 Å². The average molecular weight is 135 g/mol. The van der Waals surface area contributed by atoms with Gasteiger partial charge in [-0.05, 0) is 6.08 Å². The van der Waals surface area contributed by atoms with Crippen LogP contribution in [0.2, 0.25) is 0 Å². The summed E-state index contributed by atoms with van der Waals surface area (Å²) in [6.07, 6.45) is 7.22. The van der Waals surface area contributed by atoms with E-state index in [0.29, 0.717) is 6.61 Å². The van der Waals surface area contributed by atoms with Crippen molar-refractivity contribution >= 4 is 7.69 Å². The van der Waals surface area contributed by atoms with Gasteiger partial charge in [-0.2, -0.15) is 0 Å². The van der Waals surface area contributed by atoms with E-state index >= 15 is 0 Å². The monoisotopic (exact) mass is 135 g/mol. The summed E-state index contributed by atoms with van der Waals surface area (Å²) < 4.78 is 9.74. The Bertz CT molecular complexity index is 164. The lowest BCUT2D eigenvalue weighted by atomic mass is 10.4. The van der Waals surface area contributed by atoms with E-state index in [2.05, 4.69) is 6.58 Å². The molecule has 0 amide bonds. The first-order valence-corrected chi connectivity index (χ1v) is 3.01. The Morgan fingerprint density at radius 2 is 2.40 bits per heavy atom. The summed E-state index contributed by atoms with van der Waals surface area (Å²) in [5.41, 5.74) is 0. The van der Waals surface area contributed by atoms with Gasteiger partial charge in [0.15, 0.2) is 0 Å². The van der Waals surface area contributed by atoms with Gasteiger partial charge >= 0.3 is 7.69 Å². The highest BCUT2D eigenvalue weighted by Crippen LogP contribution is 2.04. The van der Waals surface area contributed by atoms with E-state index in [1.165, 1.54) is 7.69 Å². The topological polar surface area (TPSA) is 18.5 Å². The molecule has 1 aliphatic rings. The fraction of sp³-hybridized carbons (Fsp3) is 0.143. The van der Waals surface area contributed by atoms with Crippen molar-refractivity contribution in [1.82, 2.24) is 0 Å². The standard InChI is InChI=1S/C7H8BO2/c1-2-3-4-5-7-6-9-8-10-7/h2-5H,1,6H2. The van der Waals surface area contributed by atoms with Crippen molar-refractivity contribution in [2.24, 2.45) is 0 Å². The molecule has 0 aromatic heterocycles. The minimum atomic E-state index is 0.529. The van der Waals surface area contributed by atoms with E-state index in [-0.39, 0.29) is 0 Å². The molecule has 0 aromatic carbocycles. The van der Waals surface area contributed by atoms with Gasteiger partial charge in [-0.3, -0.25) is 0 Å². The van der Waals surface area contributed by atoms with E-state index in [9.17, 15) is 0 Å². The maximum absolute atomic E-state index is 4.93. The quantitative estimate of drug-likeness (QED) is 0.418. The van der Waals surface area contributed by atoms with Gasteiger partial charge in [-0.15, -0.1) is 0 Å². The zero-order valence-electron chi connectivity index (χ0n) is 5.62. The molecule has 0 unspecified atom stereocenters. The maximum atomic E-state index is 4.93. The number of hydrogen-bond acceptors (Lipinski definition) is 2. The average Bonchev–Trinajstić information content (AvgIpc) is 2.41. The van der Waals surface area contributed by atoms with Gasteiger partial charge in [0.1, 0.15) is 5.76 Å². The lowest BCUT2D eigenvalue weighted by Crippen LogP contribution is -1.83. The van der Waals surface area contributed by atoms with Crippen LogP contribution in [0.4, 0.5) is 0 Å². The van der Waals surface area contributed by atoms with Crippen molar-refractivity contribution in [2.45, 2.75) is 0 Å².